The Balaban J connectivity index is 2.35. The van der Waals surface area contributed by atoms with Crippen LogP contribution in [-0.2, 0) is 4.74 Å². The zero-order chi connectivity index (χ0) is 12.6. The standard InChI is InChI=1S/C9H12N2O6/c12-3-4-6(14)7(15)8(17-4)11-2-1-5(13)10-9(11)16/h1-2,4,6-8,12,14-15H,3H2,(H,10,13,16)/t4-,6-,7-,8-/m1/s1/i8+2. The third-order valence-corrected chi connectivity index (χ3v) is 2.64. The van der Waals surface area contributed by atoms with Crippen molar-refractivity contribution in [1.82, 2.24) is 9.55 Å². The molecule has 17 heavy (non-hydrogen) atoms. The van der Waals surface area contributed by atoms with Crippen LogP contribution < -0.4 is 11.2 Å². The van der Waals surface area contributed by atoms with Gasteiger partial charge in [0, 0.05) is 12.3 Å². The first-order valence-electron chi connectivity index (χ1n) is 4.98. The van der Waals surface area contributed by atoms with Crippen LogP contribution in [0.2, 0.25) is 0 Å². The van der Waals surface area contributed by atoms with Crippen molar-refractivity contribution in [3.8, 4) is 0 Å². The summed E-state index contributed by atoms with van der Waals surface area (Å²) in [7, 11) is 0. The van der Waals surface area contributed by atoms with Crippen molar-refractivity contribution in [3.63, 3.8) is 0 Å². The summed E-state index contributed by atoms with van der Waals surface area (Å²) in [6, 6.07) is 1.09. The molecule has 4 atom stereocenters. The molecule has 2 heterocycles. The molecule has 0 unspecified atom stereocenters. The van der Waals surface area contributed by atoms with Gasteiger partial charge < -0.3 is 20.1 Å². The van der Waals surface area contributed by atoms with Gasteiger partial charge in [0.05, 0.1) is 6.61 Å². The average molecular weight is 246 g/mol. The van der Waals surface area contributed by atoms with Gasteiger partial charge in [0.15, 0.2) is 6.23 Å². The molecule has 1 aliphatic rings. The molecule has 8 nitrogen and oxygen atoms in total. The molecule has 2 rings (SSSR count). The molecule has 0 aliphatic carbocycles. The second-order valence-electron chi connectivity index (χ2n) is 3.75. The lowest BCUT2D eigenvalue weighted by molar-refractivity contribution is -0.0550. The van der Waals surface area contributed by atoms with Crippen molar-refractivity contribution in [1.29, 1.82) is 0 Å². The number of aliphatic hydroxyl groups excluding tert-OH is 3. The van der Waals surface area contributed by atoms with Crippen LogP contribution in [0.25, 0.3) is 0 Å². The van der Waals surface area contributed by atoms with Gasteiger partial charge in [-0.2, -0.15) is 0 Å². The summed E-state index contributed by atoms with van der Waals surface area (Å²) in [6.07, 6.45) is -3.58. The van der Waals surface area contributed by atoms with E-state index in [0.717, 1.165) is 16.8 Å². The van der Waals surface area contributed by atoms with Gasteiger partial charge in [-0.15, -0.1) is 0 Å². The average Bonchev–Trinajstić information content (AvgIpc) is 2.57. The number of hydrogen-bond acceptors (Lipinski definition) is 6. The summed E-state index contributed by atoms with van der Waals surface area (Å²) >= 11 is 0. The second-order valence-corrected chi connectivity index (χ2v) is 3.75. The lowest BCUT2D eigenvalue weighted by Gasteiger charge is -2.16. The van der Waals surface area contributed by atoms with Crippen molar-refractivity contribution < 1.29 is 20.1 Å². The topological polar surface area (TPSA) is 125 Å². The van der Waals surface area contributed by atoms with Gasteiger partial charge in [0.25, 0.3) is 5.56 Å². The quantitative estimate of drug-likeness (QED) is 0.445. The van der Waals surface area contributed by atoms with Crippen molar-refractivity contribution in [3.05, 3.63) is 33.1 Å². The number of aliphatic hydroxyl groups is 3. The van der Waals surface area contributed by atoms with Crippen LogP contribution in [0.3, 0.4) is 0 Å². The number of ether oxygens (including phenoxy) is 1. The molecule has 0 spiro atoms. The van der Waals surface area contributed by atoms with E-state index in [4.69, 9.17) is 9.84 Å². The molecule has 8 heteroatoms. The number of H-pyrrole nitrogens is 1. The first-order valence-corrected chi connectivity index (χ1v) is 4.98. The van der Waals surface area contributed by atoms with E-state index in [1.165, 1.54) is 0 Å². The van der Waals surface area contributed by atoms with E-state index in [1.54, 1.807) is 0 Å². The van der Waals surface area contributed by atoms with Gasteiger partial charge in [0.2, 0.25) is 0 Å². The first kappa shape index (κ1) is 12.0. The van der Waals surface area contributed by atoms with Gasteiger partial charge in [-0.05, 0) is 0 Å². The van der Waals surface area contributed by atoms with Crippen molar-refractivity contribution in [2.24, 2.45) is 0 Å². The number of aromatic nitrogens is 2. The highest BCUT2D eigenvalue weighted by atomic mass is 16.8. The fourth-order valence-corrected chi connectivity index (χ4v) is 1.74. The highest BCUT2D eigenvalue weighted by Gasteiger charge is 2.43. The van der Waals surface area contributed by atoms with Gasteiger partial charge in [0.1, 0.15) is 18.3 Å². The van der Waals surface area contributed by atoms with E-state index in [2.05, 4.69) is 0 Å². The smallest absolute Gasteiger partial charge is 0.330 e. The summed E-state index contributed by atoms with van der Waals surface area (Å²) in [5.41, 5.74) is -1.33. The van der Waals surface area contributed by atoms with Crippen LogP contribution >= 0.6 is 0 Å². The van der Waals surface area contributed by atoms with Gasteiger partial charge in [-0.1, -0.05) is 0 Å². The van der Waals surface area contributed by atoms with Crippen molar-refractivity contribution in [2.75, 3.05) is 6.61 Å². The zero-order valence-electron chi connectivity index (χ0n) is 8.68. The molecule has 0 bridgehead atoms. The van der Waals surface area contributed by atoms with Gasteiger partial charge >= 0.3 is 5.69 Å². The highest BCUT2D eigenvalue weighted by Crippen LogP contribution is 2.27. The van der Waals surface area contributed by atoms with Gasteiger partial charge in [-0.25, -0.2) is 4.79 Å². The van der Waals surface area contributed by atoms with E-state index < -0.39 is 42.4 Å². The van der Waals surface area contributed by atoms with Crippen LogP contribution in [0.15, 0.2) is 21.9 Å². The maximum Gasteiger partial charge on any atom is 0.330 e. The summed E-state index contributed by atoms with van der Waals surface area (Å²) < 4.78 is 6.08. The van der Waals surface area contributed by atoms with Crippen LogP contribution in [-0.4, -0.2) is 49.8 Å². The summed E-state index contributed by atoms with van der Waals surface area (Å²) in [6.45, 7) is -0.479. The van der Waals surface area contributed by atoms with Crippen molar-refractivity contribution >= 4 is 0 Å². The minimum atomic E-state index is -1.35. The van der Waals surface area contributed by atoms with Crippen LogP contribution in [0, 0.1) is 0 Å². The molecule has 0 amide bonds. The Morgan fingerprint density at radius 1 is 1.47 bits per heavy atom. The Kier molecular flexibility index (Phi) is 3.11. The monoisotopic (exact) mass is 246 g/mol. The summed E-state index contributed by atoms with van der Waals surface area (Å²) in [5, 5.41) is 28.1. The molecule has 94 valence electrons. The van der Waals surface area contributed by atoms with E-state index in [9.17, 15) is 19.8 Å². The molecule has 1 fully saturated rings. The normalized spacial score (nSPS) is 32.9. The van der Waals surface area contributed by atoms with Gasteiger partial charge in [-0.3, -0.25) is 14.3 Å². The molecule has 4 N–H and O–H groups in total. The third kappa shape index (κ3) is 2.03. The van der Waals surface area contributed by atoms with E-state index in [0.29, 0.717) is 0 Å². The number of aromatic amines is 1. The van der Waals surface area contributed by atoms with Crippen LogP contribution in [0.5, 0.6) is 0 Å². The number of nitrogens with zero attached hydrogens (tertiary/aromatic N) is 1. The van der Waals surface area contributed by atoms with E-state index >= 15 is 0 Å². The van der Waals surface area contributed by atoms with E-state index in [-0.39, 0.29) is 0 Å². The molecular weight excluding hydrogens is 234 g/mol. The summed E-state index contributed by atoms with van der Waals surface area (Å²) in [5.74, 6) is 0. The summed E-state index contributed by atoms with van der Waals surface area (Å²) in [4.78, 5) is 24.3. The molecule has 1 aliphatic heterocycles. The third-order valence-electron chi connectivity index (χ3n) is 2.64. The zero-order valence-corrected chi connectivity index (χ0v) is 8.68. The van der Waals surface area contributed by atoms with Crippen molar-refractivity contribution in [2.45, 2.75) is 24.5 Å². The van der Waals surface area contributed by atoms with E-state index in [1.807, 2.05) is 4.98 Å². The lowest BCUT2D eigenvalue weighted by Crippen LogP contribution is -2.37. The molecule has 1 saturated heterocycles. The predicted octanol–water partition coefficient (Wildman–Crippen LogP) is -2.85. The SMILES string of the molecule is O=c1ccn([14C@@H]2O[C@H](CO)[C@@H](O)[C@H]2O)c(=O)[nH]1. The Labute approximate surface area is 94.7 Å². The Morgan fingerprint density at radius 2 is 2.18 bits per heavy atom. The lowest BCUT2D eigenvalue weighted by atomic mass is 10.2. The minimum Gasteiger partial charge on any atom is -0.394 e. The van der Waals surface area contributed by atoms with Crippen LogP contribution in [0.4, 0.5) is 0 Å². The fraction of sp³-hybridized carbons (Fsp3) is 0.556. The Morgan fingerprint density at radius 3 is 2.71 bits per heavy atom. The maximum absolute atomic E-state index is 11.4. The highest BCUT2D eigenvalue weighted by molar-refractivity contribution is 4.92. The van der Waals surface area contributed by atoms with Crippen LogP contribution in [0.1, 0.15) is 6.23 Å². The predicted molar refractivity (Wildman–Crippen MR) is 54.3 cm³/mol. The number of hydrogen-bond donors (Lipinski definition) is 4. The molecule has 0 radical (unpaired) electrons. The fourth-order valence-electron chi connectivity index (χ4n) is 1.74. The largest absolute Gasteiger partial charge is 0.394 e. The molecule has 1 aromatic rings. The molecule has 1 aromatic heterocycles. The molecule has 0 aromatic carbocycles. The first-order chi connectivity index (χ1) is 8.04. The Bertz CT molecular complexity index is 509. The Hall–Kier alpha value is -1.48. The molecular formula is C9H12N2O6. The maximum atomic E-state index is 11.4. The number of nitrogens with one attached hydrogen (secondary N) is 1. The molecule has 0 saturated carbocycles. The minimum absolute atomic E-state index is 0.479. The number of rotatable bonds is 2. The second kappa shape index (κ2) is 4.41.